The highest BCUT2D eigenvalue weighted by Gasteiger charge is 2.14. The summed E-state index contributed by atoms with van der Waals surface area (Å²) in [5.74, 6) is 0.0992. The molecule has 1 aromatic heterocycles. The Hall–Kier alpha value is -1.94. The molecule has 0 spiro atoms. The van der Waals surface area contributed by atoms with Crippen LogP contribution >= 0.6 is 11.6 Å². The van der Waals surface area contributed by atoms with Crippen molar-refractivity contribution in [3.05, 3.63) is 58.9 Å². The molecule has 3 aromatic rings. The molecule has 0 aliphatic rings. The third-order valence-electron chi connectivity index (χ3n) is 3.54. The SMILES string of the molecule is Cc1ccc(-n2c(CCl)nc3cc(F)c(C)cc32)cc1F. The maximum atomic E-state index is 13.8. The highest BCUT2D eigenvalue weighted by atomic mass is 35.5. The lowest BCUT2D eigenvalue weighted by atomic mass is 10.2. The summed E-state index contributed by atoms with van der Waals surface area (Å²) in [4.78, 5) is 4.33. The molecule has 0 saturated heterocycles. The molecule has 21 heavy (non-hydrogen) atoms. The average Bonchev–Trinajstić information content (AvgIpc) is 2.80. The number of fused-ring (bicyclic) bond motifs is 1. The molecular weight excluding hydrogens is 294 g/mol. The van der Waals surface area contributed by atoms with Gasteiger partial charge in [-0.3, -0.25) is 4.57 Å². The van der Waals surface area contributed by atoms with Gasteiger partial charge < -0.3 is 0 Å². The molecule has 0 saturated carbocycles. The van der Waals surface area contributed by atoms with Gasteiger partial charge in [-0.1, -0.05) is 6.07 Å². The van der Waals surface area contributed by atoms with Crippen LogP contribution in [0.1, 0.15) is 17.0 Å². The highest BCUT2D eigenvalue weighted by Crippen LogP contribution is 2.26. The summed E-state index contributed by atoms with van der Waals surface area (Å²) in [7, 11) is 0. The van der Waals surface area contributed by atoms with Gasteiger partial charge in [0.15, 0.2) is 0 Å². The predicted octanol–water partition coefficient (Wildman–Crippen LogP) is 4.66. The van der Waals surface area contributed by atoms with Crippen LogP contribution in [0.3, 0.4) is 0 Å². The van der Waals surface area contributed by atoms with Crippen LogP contribution in [0.25, 0.3) is 16.7 Å². The van der Waals surface area contributed by atoms with Crippen LogP contribution in [0.5, 0.6) is 0 Å². The van der Waals surface area contributed by atoms with Crippen LogP contribution < -0.4 is 0 Å². The van der Waals surface area contributed by atoms with Gasteiger partial charge in [0, 0.05) is 6.07 Å². The molecule has 1 heterocycles. The van der Waals surface area contributed by atoms with Crippen molar-refractivity contribution in [3.63, 3.8) is 0 Å². The molecule has 0 atom stereocenters. The number of alkyl halides is 1. The lowest BCUT2D eigenvalue weighted by Crippen LogP contribution is -2.00. The van der Waals surface area contributed by atoms with Gasteiger partial charge in [0.25, 0.3) is 0 Å². The molecular formula is C16H13ClF2N2. The lowest BCUT2D eigenvalue weighted by molar-refractivity contribution is 0.617. The molecule has 3 rings (SSSR count). The molecule has 0 amide bonds. The van der Waals surface area contributed by atoms with Crippen molar-refractivity contribution >= 4 is 22.6 Å². The topological polar surface area (TPSA) is 17.8 Å². The quantitative estimate of drug-likeness (QED) is 0.630. The van der Waals surface area contributed by atoms with Crippen LogP contribution in [-0.4, -0.2) is 9.55 Å². The van der Waals surface area contributed by atoms with E-state index in [2.05, 4.69) is 4.98 Å². The van der Waals surface area contributed by atoms with Gasteiger partial charge in [-0.05, 0) is 43.2 Å². The molecule has 0 radical (unpaired) electrons. The Kier molecular flexibility index (Phi) is 3.41. The standard InChI is InChI=1S/C16H13ClF2N2/c1-9-3-4-11(6-12(9)18)21-15-5-10(2)13(19)7-14(15)20-16(21)8-17/h3-7H,8H2,1-2H3. The van der Waals surface area contributed by atoms with Gasteiger partial charge in [-0.15, -0.1) is 11.6 Å². The monoisotopic (exact) mass is 306 g/mol. The number of hydrogen-bond acceptors (Lipinski definition) is 1. The minimum absolute atomic E-state index is 0.158. The van der Waals surface area contributed by atoms with Crippen LogP contribution in [0, 0.1) is 25.5 Å². The van der Waals surface area contributed by atoms with Crippen LogP contribution in [0.2, 0.25) is 0 Å². The zero-order chi connectivity index (χ0) is 15.1. The van der Waals surface area contributed by atoms with Crippen LogP contribution in [0.4, 0.5) is 8.78 Å². The summed E-state index contributed by atoms with van der Waals surface area (Å²) >= 11 is 5.93. The Morgan fingerprint density at radius 1 is 1.05 bits per heavy atom. The first-order valence-corrected chi connectivity index (χ1v) is 7.04. The molecule has 0 unspecified atom stereocenters. The van der Waals surface area contributed by atoms with E-state index in [0.717, 1.165) is 0 Å². The van der Waals surface area contributed by atoms with E-state index in [1.54, 1.807) is 36.6 Å². The van der Waals surface area contributed by atoms with E-state index >= 15 is 0 Å². The maximum Gasteiger partial charge on any atom is 0.129 e. The second kappa shape index (κ2) is 5.11. The normalized spacial score (nSPS) is 11.3. The molecule has 5 heteroatoms. The van der Waals surface area contributed by atoms with Gasteiger partial charge in [-0.25, -0.2) is 13.8 Å². The largest absolute Gasteiger partial charge is 0.295 e. The van der Waals surface area contributed by atoms with E-state index in [-0.39, 0.29) is 17.5 Å². The van der Waals surface area contributed by atoms with Crippen molar-refractivity contribution < 1.29 is 8.78 Å². The molecule has 0 N–H and O–H groups in total. The summed E-state index contributed by atoms with van der Waals surface area (Å²) in [6, 6.07) is 8.01. The predicted molar refractivity (Wildman–Crippen MR) is 80.0 cm³/mol. The molecule has 0 bridgehead atoms. The Labute approximate surface area is 126 Å². The van der Waals surface area contributed by atoms with Gasteiger partial charge in [0.05, 0.1) is 22.6 Å². The number of imidazole rings is 1. The van der Waals surface area contributed by atoms with E-state index in [1.807, 2.05) is 0 Å². The fourth-order valence-corrected chi connectivity index (χ4v) is 2.53. The third kappa shape index (κ3) is 2.29. The molecule has 0 aliphatic heterocycles. The van der Waals surface area contributed by atoms with Crippen LogP contribution in [-0.2, 0) is 5.88 Å². The fraction of sp³-hybridized carbons (Fsp3) is 0.188. The summed E-state index contributed by atoms with van der Waals surface area (Å²) in [6.45, 7) is 3.38. The van der Waals surface area contributed by atoms with E-state index in [9.17, 15) is 8.78 Å². The Morgan fingerprint density at radius 3 is 2.43 bits per heavy atom. The van der Waals surface area contributed by atoms with Crippen molar-refractivity contribution in [2.24, 2.45) is 0 Å². The van der Waals surface area contributed by atoms with Gasteiger partial charge >= 0.3 is 0 Å². The minimum atomic E-state index is -0.316. The number of halogens is 3. The third-order valence-corrected chi connectivity index (χ3v) is 3.78. The first kappa shape index (κ1) is 14.0. The van der Waals surface area contributed by atoms with Crippen molar-refractivity contribution in [1.82, 2.24) is 9.55 Å². The van der Waals surface area contributed by atoms with E-state index < -0.39 is 0 Å². The van der Waals surface area contributed by atoms with E-state index in [0.29, 0.717) is 33.7 Å². The molecule has 0 aliphatic carbocycles. The Balaban J connectivity index is 2.34. The zero-order valence-electron chi connectivity index (χ0n) is 11.6. The van der Waals surface area contributed by atoms with Crippen LogP contribution in [0.15, 0.2) is 30.3 Å². The Bertz CT molecular complexity index is 840. The number of hydrogen-bond donors (Lipinski definition) is 0. The first-order valence-electron chi connectivity index (χ1n) is 6.51. The second-order valence-electron chi connectivity index (χ2n) is 5.02. The Morgan fingerprint density at radius 2 is 1.76 bits per heavy atom. The molecule has 2 nitrogen and oxygen atoms in total. The summed E-state index contributed by atoms with van der Waals surface area (Å²) in [5.41, 5.74) is 2.93. The number of benzene rings is 2. The zero-order valence-corrected chi connectivity index (χ0v) is 12.4. The summed E-state index contributed by atoms with van der Waals surface area (Å²) < 4.78 is 29.3. The number of aromatic nitrogens is 2. The first-order chi connectivity index (χ1) is 10.0. The van der Waals surface area contributed by atoms with Gasteiger partial charge in [-0.2, -0.15) is 0 Å². The van der Waals surface area contributed by atoms with Crippen molar-refractivity contribution in [3.8, 4) is 5.69 Å². The molecule has 0 fully saturated rings. The smallest absolute Gasteiger partial charge is 0.129 e. The van der Waals surface area contributed by atoms with Crippen molar-refractivity contribution in [2.75, 3.05) is 0 Å². The number of nitrogens with zero attached hydrogens (tertiary/aromatic N) is 2. The maximum absolute atomic E-state index is 13.8. The second-order valence-corrected chi connectivity index (χ2v) is 5.29. The molecule has 2 aromatic carbocycles. The van der Waals surface area contributed by atoms with Gasteiger partial charge in [0.1, 0.15) is 17.5 Å². The van der Waals surface area contributed by atoms with Crippen molar-refractivity contribution in [1.29, 1.82) is 0 Å². The number of aryl methyl sites for hydroxylation is 2. The number of rotatable bonds is 2. The van der Waals surface area contributed by atoms with Gasteiger partial charge in [0.2, 0.25) is 0 Å². The average molecular weight is 307 g/mol. The summed E-state index contributed by atoms with van der Waals surface area (Å²) in [6.07, 6.45) is 0. The summed E-state index contributed by atoms with van der Waals surface area (Å²) in [5, 5.41) is 0. The fourth-order valence-electron chi connectivity index (χ4n) is 2.35. The van der Waals surface area contributed by atoms with E-state index in [4.69, 9.17) is 11.6 Å². The lowest BCUT2D eigenvalue weighted by Gasteiger charge is -2.09. The van der Waals surface area contributed by atoms with Crippen molar-refractivity contribution in [2.45, 2.75) is 19.7 Å². The minimum Gasteiger partial charge on any atom is -0.295 e. The highest BCUT2D eigenvalue weighted by molar-refractivity contribution is 6.17. The molecule has 108 valence electrons. The van der Waals surface area contributed by atoms with E-state index in [1.165, 1.54) is 12.1 Å².